The maximum absolute atomic E-state index is 13.4. The Bertz CT molecular complexity index is 809. The molecule has 0 aromatic heterocycles. The Balaban J connectivity index is 2.02. The van der Waals surface area contributed by atoms with Crippen LogP contribution in [0.15, 0.2) is 24.3 Å². The van der Waals surface area contributed by atoms with Gasteiger partial charge in [0, 0.05) is 37.4 Å². The molecular formula is C25H41N5O3. The summed E-state index contributed by atoms with van der Waals surface area (Å²) in [7, 11) is 0. The van der Waals surface area contributed by atoms with Gasteiger partial charge in [-0.3, -0.25) is 4.79 Å². The van der Waals surface area contributed by atoms with Crippen LogP contribution in [0.2, 0.25) is 0 Å². The summed E-state index contributed by atoms with van der Waals surface area (Å²) < 4.78 is 0. The van der Waals surface area contributed by atoms with E-state index in [1.54, 1.807) is 9.80 Å². The zero-order valence-electron chi connectivity index (χ0n) is 21.1. The van der Waals surface area contributed by atoms with Gasteiger partial charge in [0.25, 0.3) is 0 Å². The molecule has 0 saturated carbocycles. The van der Waals surface area contributed by atoms with Crippen LogP contribution in [0.5, 0.6) is 0 Å². The van der Waals surface area contributed by atoms with E-state index in [0.29, 0.717) is 31.2 Å². The number of nitrogens with one attached hydrogen (secondary N) is 3. The van der Waals surface area contributed by atoms with E-state index in [1.165, 1.54) is 5.56 Å². The Morgan fingerprint density at radius 2 is 1.64 bits per heavy atom. The molecule has 1 aliphatic heterocycles. The maximum Gasteiger partial charge on any atom is 0.319 e. The van der Waals surface area contributed by atoms with E-state index in [4.69, 9.17) is 0 Å². The second-order valence-electron chi connectivity index (χ2n) is 9.67. The molecule has 5 amide bonds. The molecule has 1 fully saturated rings. The van der Waals surface area contributed by atoms with Gasteiger partial charge in [0.2, 0.25) is 5.91 Å². The molecule has 0 aliphatic carbocycles. The summed E-state index contributed by atoms with van der Waals surface area (Å²) in [4.78, 5) is 42.0. The van der Waals surface area contributed by atoms with Crippen molar-refractivity contribution in [3.8, 4) is 0 Å². The first-order valence-corrected chi connectivity index (χ1v) is 12.1. The zero-order chi connectivity index (χ0) is 24.7. The summed E-state index contributed by atoms with van der Waals surface area (Å²) >= 11 is 0. The van der Waals surface area contributed by atoms with Crippen LogP contribution in [0.4, 0.5) is 15.3 Å². The molecule has 3 N–H and O–H groups in total. The number of urea groups is 2. The smallest absolute Gasteiger partial charge is 0.319 e. The summed E-state index contributed by atoms with van der Waals surface area (Å²) in [5.74, 6) is 0.286. The van der Waals surface area contributed by atoms with E-state index in [9.17, 15) is 14.4 Å². The number of hydrogen-bond donors (Lipinski definition) is 3. The van der Waals surface area contributed by atoms with Gasteiger partial charge in [-0.05, 0) is 50.3 Å². The number of carbonyl (C=O) groups excluding carboxylic acids is 3. The average Bonchev–Trinajstić information content (AvgIpc) is 2.76. The SMILES string of the molecule is CCC(C)C(NC(=O)Nc1ccc(C(C)C)cc1)C(=O)N1CCN(C(=O)NC(C)C)C(C)C1. The van der Waals surface area contributed by atoms with Gasteiger partial charge in [0.05, 0.1) is 0 Å². The number of benzene rings is 1. The monoisotopic (exact) mass is 459 g/mol. The first kappa shape index (κ1) is 26.5. The molecule has 2 rings (SSSR count). The molecule has 1 aliphatic rings. The summed E-state index contributed by atoms with van der Waals surface area (Å²) in [6.07, 6.45) is 0.756. The highest BCUT2D eigenvalue weighted by molar-refractivity contribution is 5.94. The minimum atomic E-state index is -0.631. The average molecular weight is 460 g/mol. The van der Waals surface area contributed by atoms with Gasteiger partial charge in [-0.25, -0.2) is 9.59 Å². The van der Waals surface area contributed by atoms with Gasteiger partial charge in [-0.15, -0.1) is 0 Å². The first-order valence-electron chi connectivity index (χ1n) is 12.1. The van der Waals surface area contributed by atoms with Crippen LogP contribution in [0.3, 0.4) is 0 Å². The quantitative estimate of drug-likeness (QED) is 0.575. The lowest BCUT2D eigenvalue weighted by molar-refractivity contribution is -0.136. The van der Waals surface area contributed by atoms with Crippen molar-refractivity contribution in [3.05, 3.63) is 29.8 Å². The fourth-order valence-corrected chi connectivity index (χ4v) is 3.93. The molecule has 0 radical (unpaired) electrons. The fourth-order valence-electron chi connectivity index (χ4n) is 3.93. The fraction of sp³-hybridized carbons (Fsp3) is 0.640. The standard InChI is InChI=1S/C25H41N5O3/c1-8-18(6)22(28-24(32)27-21-11-9-20(10-12-21)16(2)3)23(31)29-13-14-30(19(7)15-29)25(33)26-17(4)5/h9-12,16-19,22H,8,13-15H2,1-7H3,(H,26,33)(H2,27,28,32). The molecule has 0 bridgehead atoms. The van der Waals surface area contributed by atoms with Crippen molar-refractivity contribution in [2.24, 2.45) is 5.92 Å². The van der Waals surface area contributed by atoms with Crippen molar-refractivity contribution < 1.29 is 14.4 Å². The minimum absolute atomic E-state index is 0.0239. The highest BCUT2D eigenvalue weighted by atomic mass is 16.2. The van der Waals surface area contributed by atoms with Gasteiger partial charge in [0.1, 0.15) is 6.04 Å². The van der Waals surface area contributed by atoms with Crippen LogP contribution < -0.4 is 16.0 Å². The topological polar surface area (TPSA) is 93.8 Å². The van der Waals surface area contributed by atoms with Gasteiger partial charge in [0.15, 0.2) is 0 Å². The maximum atomic E-state index is 13.4. The predicted molar refractivity (Wildman–Crippen MR) is 132 cm³/mol. The first-order chi connectivity index (χ1) is 15.5. The Hall–Kier alpha value is -2.77. The highest BCUT2D eigenvalue weighted by Gasteiger charge is 2.35. The molecule has 1 heterocycles. The van der Waals surface area contributed by atoms with Crippen LogP contribution in [0.1, 0.15) is 66.4 Å². The van der Waals surface area contributed by atoms with Gasteiger partial charge < -0.3 is 25.8 Å². The van der Waals surface area contributed by atoms with E-state index in [1.807, 2.05) is 58.9 Å². The van der Waals surface area contributed by atoms with Crippen molar-refractivity contribution in [2.75, 3.05) is 25.0 Å². The Morgan fingerprint density at radius 1 is 1.00 bits per heavy atom. The molecule has 184 valence electrons. The van der Waals surface area contributed by atoms with E-state index < -0.39 is 12.1 Å². The molecular weight excluding hydrogens is 418 g/mol. The van der Waals surface area contributed by atoms with Crippen LogP contribution in [-0.2, 0) is 4.79 Å². The number of piperazine rings is 1. The predicted octanol–water partition coefficient (Wildman–Crippen LogP) is 4.00. The largest absolute Gasteiger partial charge is 0.337 e. The lowest BCUT2D eigenvalue weighted by Crippen LogP contribution is -2.61. The Morgan fingerprint density at radius 3 is 2.15 bits per heavy atom. The van der Waals surface area contributed by atoms with Crippen molar-refractivity contribution in [2.45, 2.75) is 78.9 Å². The van der Waals surface area contributed by atoms with Gasteiger partial charge in [-0.1, -0.05) is 46.2 Å². The molecule has 33 heavy (non-hydrogen) atoms. The third kappa shape index (κ3) is 7.37. The summed E-state index contributed by atoms with van der Waals surface area (Å²) in [6, 6.07) is 6.56. The zero-order valence-corrected chi connectivity index (χ0v) is 21.1. The molecule has 1 aromatic carbocycles. The van der Waals surface area contributed by atoms with Crippen LogP contribution in [0, 0.1) is 5.92 Å². The van der Waals surface area contributed by atoms with Gasteiger partial charge in [-0.2, -0.15) is 0 Å². The normalized spacial score (nSPS) is 18.2. The molecule has 3 unspecified atom stereocenters. The number of anilines is 1. The van der Waals surface area contributed by atoms with Crippen LogP contribution in [-0.4, -0.2) is 65.5 Å². The van der Waals surface area contributed by atoms with Crippen molar-refractivity contribution >= 4 is 23.7 Å². The number of carbonyl (C=O) groups is 3. The van der Waals surface area contributed by atoms with Crippen LogP contribution in [0.25, 0.3) is 0 Å². The van der Waals surface area contributed by atoms with Gasteiger partial charge >= 0.3 is 12.1 Å². The lowest BCUT2D eigenvalue weighted by Gasteiger charge is -2.41. The molecule has 1 saturated heterocycles. The van der Waals surface area contributed by atoms with E-state index in [2.05, 4.69) is 29.8 Å². The third-order valence-corrected chi connectivity index (χ3v) is 6.21. The molecule has 0 spiro atoms. The van der Waals surface area contributed by atoms with Crippen molar-refractivity contribution in [3.63, 3.8) is 0 Å². The van der Waals surface area contributed by atoms with Crippen molar-refractivity contribution in [1.82, 2.24) is 20.4 Å². The number of hydrogen-bond acceptors (Lipinski definition) is 3. The Labute approximate surface area is 198 Å². The lowest BCUT2D eigenvalue weighted by atomic mass is 9.97. The minimum Gasteiger partial charge on any atom is -0.337 e. The number of rotatable bonds is 7. The molecule has 1 aromatic rings. The third-order valence-electron chi connectivity index (χ3n) is 6.21. The van der Waals surface area contributed by atoms with E-state index in [0.717, 1.165) is 6.42 Å². The summed E-state index contributed by atoms with van der Waals surface area (Å²) in [5, 5.41) is 8.65. The van der Waals surface area contributed by atoms with E-state index in [-0.39, 0.29) is 29.9 Å². The van der Waals surface area contributed by atoms with Crippen molar-refractivity contribution in [1.29, 1.82) is 0 Å². The number of nitrogens with zero attached hydrogens (tertiary/aromatic N) is 2. The summed E-state index contributed by atoms with van der Waals surface area (Å²) in [6.45, 7) is 15.4. The van der Waals surface area contributed by atoms with E-state index >= 15 is 0 Å². The molecule has 8 heteroatoms. The second-order valence-corrected chi connectivity index (χ2v) is 9.67. The van der Waals surface area contributed by atoms with Crippen LogP contribution >= 0.6 is 0 Å². The highest BCUT2D eigenvalue weighted by Crippen LogP contribution is 2.18. The molecule has 3 atom stereocenters. The molecule has 8 nitrogen and oxygen atoms in total. The Kier molecular flexibility index (Phi) is 9.56. The number of amides is 5. The second kappa shape index (κ2) is 11.9. The summed E-state index contributed by atoms with van der Waals surface area (Å²) in [5.41, 5.74) is 1.88.